The van der Waals surface area contributed by atoms with Gasteiger partial charge in [-0.15, -0.1) is 0 Å². The smallest absolute Gasteiger partial charge is 0.147 e. The SMILES string of the molecule is Cc1nc(C)n(C(CN)C(C)C)n1. The average molecular weight is 182 g/mol. The zero-order chi connectivity index (χ0) is 10.0. The lowest BCUT2D eigenvalue weighted by atomic mass is 10.1. The second-order valence-electron chi connectivity index (χ2n) is 3.70. The molecule has 1 unspecified atom stereocenters. The molecule has 1 aromatic rings. The minimum absolute atomic E-state index is 0.265. The Morgan fingerprint density at radius 2 is 2.00 bits per heavy atom. The van der Waals surface area contributed by atoms with Gasteiger partial charge in [0.15, 0.2) is 0 Å². The van der Waals surface area contributed by atoms with Gasteiger partial charge in [0.2, 0.25) is 0 Å². The molecule has 0 bridgehead atoms. The third kappa shape index (κ3) is 2.06. The Bertz CT molecular complexity index is 277. The third-order valence-corrected chi connectivity index (χ3v) is 2.23. The van der Waals surface area contributed by atoms with Crippen molar-refractivity contribution >= 4 is 0 Å². The molecule has 4 heteroatoms. The fraction of sp³-hybridized carbons (Fsp3) is 0.778. The molecule has 0 amide bonds. The molecule has 0 aliphatic heterocycles. The summed E-state index contributed by atoms with van der Waals surface area (Å²) in [6.07, 6.45) is 0. The van der Waals surface area contributed by atoms with Crippen molar-refractivity contribution in [2.75, 3.05) is 6.54 Å². The molecule has 0 spiro atoms. The van der Waals surface area contributed by atoms with Gasteiger partial charge in [-0.25, -0.2) is 9.67 Å². The molecule has 1 atom stereocenters. The summed E-state index contributed by atoms with van der Waals surface area (Å²) in [5.41, 5.74) is 5.70. The highest BCUT2D eigenvalue weighted by Gasteiger charge is 2.17. The van der Waals surface area contributed by atoms with E-state index in [1.165, 1.54) is 0 Å². The van der Waals surface area contributed by atoms with Gasteiger partial charge in [-0.05, 0) is 19.8 Å². The molecule has 0 aliphatic carbocycles. The Hall–Kier alpha value is -0.900. The van der Waals surface area contributed by atoms with E-state index in [1.807, 2.05) is 18.5 Å². The molecule has 74 valence electrons. The van der Waals surface area contributed by atoms with E-state index in [0.29, 0.717) is 12.5 Å². The second-order valence-corrected chi connectivity index (χ2v) is 3.70. The van der Waals surface area contributed by atoms with E-state index in [0.717, 1.165) is 11.6 Å². The van der Waals surface area contributed by atoms with Crippen LogP contribution in [0, 0.1) is 19.8 Å². The first-order chi connectivity index (χ1) is 6.06. The fourth-order valence-corrected chi connectivity index (χ4v) is 1.50. The maximum atomic E-state index is 5.70. The van der Waals surface area contributed by atoms with Gasteiger partial charge in [-0.2, -0.15) is 5.10 Å². The highest BCUT2D eigenvalue weighted by Crippen LogP contribution is 2.16. The molecule has 0 fully saturated rings. The van der Waals surface area contributed by atoms with Crippen molar-refractivity contribution in [2.24, 2.45) is 11.7 Å². The predicted molar refractivity (Wildman–Crippen MR) is 52.4 cm³/mol. The topological polar surface area (TPSA) is 56.7 Å². The number of hydrogen-bond donors (Lipinski definition) is 1. The van der Waals surface area contributed by atoms with Crippen molar-refractivity contribution in [3.63, 3.8) is 0 Å². The standard InChI is InChI=1S/C9H18N4/c1-6(2)9(5-10)13-8(4)11-7(3)12-13/h6,9H,5,10H2,1-4H3. The van der Waals surface area contributed by atoms with Crippen LogP contribution in [-0.4, -0.2) is 21.3 Å². The maximum Gasteiger partial charge on any atom is 0.147 e. The normalized spacial score (nSPS) is 13.7. The minimum atomic E-state index is 0.265. The molecule has 0 saturated heterocycles. The Kier molecular flexibility index (Phi) is 3.03. The van der Waals surface area contributed by atoms with Crippen molar-refractivity contribution in [1.82, 2.24) is 14.8 Å². The molecule has 13 heavy (non-hydrogen) atoms. The minimum Gasteiger partial charge on any atom is -0.328 e. The van der Waals surface area contributed by atoms with E-state index in [1.54, 1.807) is 0 Å². The molecular weight excluding hydrogens is 164 g/mol. The van der Waals surface area contributed by atoms with Crippen LogP contribution in [0.25, 0.3) is 0 Å². The predicted octanol–water partition coefficient (Wildman–Crippen LogP) is 1.05. The molecular formula is C9H18N4. The first-order valence-corrected chi connectivity index (χ1v) is 4.66. The van der Waals surface area contributed by atoms with Crippen LogP contribution < -0.4 is 5.73 Å². The number of nitrogens with zero attached hydrogens (tertiary/aromatic N) is 3. The largest absolute Gasteiger partial charge is 0.328 e. The van der Waals surface area contributed by atoms with Gasteiger partial charge < -0.3 is 5.73 Å². The number of rotatable bonds is 3. The van der Waals surface area contributed by atoms with Crippen molar-refractivity contribution in [3.05, 3.63) is 11.6 Å². The average Bonchev–Trinajstić information content (AvgIpc) is 2.31. The molecule has 1 aromatic heterocycles. The van der Waals surface area contributed by atoms with Crippen LogP contribution >= 0.6 is 0 Å². The summed E-state index contributed by atoms with van der Waals surface area (Å²) in [5.74, 6) is 2.25. The number of hydrogen-bond acceptors (Lipinski definition) is 3. The van der Waals surface area contributed by atoms with Gasteiger partial charge in [0.1, 0.15) is 11.6 Å². The van der Waals surface area contributed by atoms with Crippen LogP contribution in [0.3, 0.4) is 0 Å². The monoisotopic (exact) mass is 182 g/mol. The van der Waals surface area contributed by atoms with Crippen LogP contribution in [-0.2, 0) is 0 Å². The summed E-state index contributed by atoms with van der Waals surface area (Å²) >= 11 is 0. The van der Waals surface area contributed by atoms with Gasteiger partial charge >= 0.3 is 0 Å². The van der Waals surface area contributed by atoms with Crippen molar-refractivity contribution < 1.29 is 0 Å². The highest BCUT2D eigenvalue weighted by atomic mass is 15.4. The molecule has 4 nitrogen and oxygen atoms in total. The van der Waals surface area contributed by atoms with Crippen molar-refractivity contribution in [3.8, 4) is 0 Å². The lowest BCUT2D eigenvalue weighted by Crippen LogP contribution is -2.25. The van der Waals surface area contributed by atoms with Gasteiger partial charge in [0.05, 0.1) is 6.04 Å². The summed E-state index contributed by atoms with van der Waals surface area (Å²) in [5, 5.41) is 4.33. The zero-order valence-electron chi connectivity index (χ0n) is 8.78. The van der Waals surface area contributed by atoms with Crippen LogP contribution in [0.5, 0.6) is 0 Å². The van der Waals surface area contributed by atoms with Crippen LogP contribution in [0.1, 0.15) is 31.5 Å². The Balaban J connectivity index is 2.97. The molecule has 0 aromatic carbocycles. The fourth-order valence-electron chi connectivity index (χ4n) is 1.50. The molecule has 2 N–H and O–H groups in total. The Labute approximate surface area is 79.2 Å². The van der Waals surface area contributed by atoms with E-state index in [-0.39, 0.29) is 6.04 Å². The highest BCUT2D eigenvalue weighted by molar-refractivity contribution is 4.91. The van der Waals surface area contributed by atoms with Crippen LogP contribution in [0.15, 0.2) is 0 Å². The second kappa shape index (κ2) is 3.87. The van der Waals surface area contributed by atoms with Gasteiger partial charge in [-0.1, -0.05) is 13.8 Å². The molecule has 0 aliphatic rings. The first kappa shape index (κ1) is 10.2. The number of nitrogens with two attached hydrogens (primary N) is 1. The van der Waals surface area contributed by atoms with E-state index in [4.69, 9.17) is 5.73 Å². The van der Waals surface area contributed by atoms with Crippen molar-refractivity contribution in [1.29, 1.82) is 0 Å². The summed E-state index contributed by atoms with van der Waals surface area (Å²) in [4.78, 5) is 4.26. The summed E-state index contributed by atoms with van der Waals surface area (Å²) < 4.78 is 1.93. The van der Waals surface area contributed by atoms with Crippen LogP contribution in [0.2, 0.25) is 0 Å². The molecule has 0 saturated carbocycles. The molecule has 0 radical (unpaired) electrons. The number of aromatic nitrogens is 3. The van der Waals surface area contributed by atoms with E-state index in [9.17, 15) is 0 Å². The quantitative estimate of drug-likeness (QED) is 0.760. The third-order valence-electron chi connectivity index (χ3n) is 2.23. The summed E-state index contributed by atoms with van der Waals surface area (Å²) in [7, 11) is 0. The lowest BCUT2D eigenvalue weighted by molar-refractivity contribution is 0.347. The molecule has 1 heterocycles. The lowest BCUT2D eigenvalue weighted by Gasteiger charge is -2.19. The summed E-state index contributed by atoms with van der Waals surface area (Å²) in [6, 6.07) is 0.265. The zero-order valence-corrected chi connectivity index (χ0v) is 8.78. The van der Waals surface area contributed by atoms with Gasteiger partial charge in [-0.3, -0.25) is 0 Å². The Morgan fingerprint density at radius 1 is 1.38 bits per heavy atom. The summed E-state index contributed by atoms with van der Waals surface area (Å²) in [6.45, 7) is 8.77. The van der Waals surface area contributed by atoms with Gasteiger partial charge in [0, 0.05) is 6.54 Å². The van der Waals surface area contributed by atoms with E-state index >= 15 is 0 Å². The van der Waals surface area contributed by atoms with E-state index < -0.39 is 0 Å². The van der Waals surface area contributed by atoms with E-state index in [2.05, 4.69) is 23.9 Å². The number of aryl methyl sites for hydroxylation is 2. The first-order valence-electron chi connectivity index (χ1n) is 4.66. The van der Waals surface area contributed by atoms with Crippen LogP contribution in [0.4, 0.5) is 0 Å². The Morgan fingerprint density at radius 3 is 2.31 bits per heavy atom. The molecule has 1 rings (SSSR count). The van der Waals surface area contributed by atoms with Gasteiger partial charge in [0.25, 0.3) is 0 Å². The maximum absolute atomic E-state index is 5.70. The van der Waals surface area contributed by atoms with Crippen molar-refractivity contribution in [2.45, 2.75) is 33.7 Å².